The number of aryl methyl sites for hydroxylation is 2. The molecule has 29 heavy (non-hydrogen) atoms. The molecule has 3 aromatic rings. The second-order valence-corrected chi connectivity index (χ2v) is 11.2. The maximum absolute atomic E-state index is 12.3. The molecule has 0 aliphatic heterocycles. The molecule has 0 saturated carbocycles. The van der Waals surface area contributed by atoms with Gasteiger partial charge in [0.15, 0.2) is 19.7 Å². The van der Waals surface area contributed by atoms with E-state index in [9.17, 15) is 16.8 Å². The van der Waals surface area contributed by atoms with Gasteiger partial charge in [0.2, 0.25) is 0 Å². The van der Waals surface area contributed by atoms with Crippen LogP contribution in [0.5, 0.6) is 0 Å². The van der Waals surface area contributed by atoms with Gasteiger partial charge < -0.3 is 5.32 Å². The van der Waals surface area contributed by atoms with Crippen LogP contribution >= 0.6 is 0 Å². The van der Waals surface area contributed by atoms with Gasteiger partial charge in [-0.3, -0.25) is 0 Å². The number of aromatic nitrogens is 2. The molecule has 3 rings (SSSR count). The van der Waals surface area contributed by atoms with Crippen LogP contribution in [-0.2, 0) is 19.7 Å². The highest BCUT2D eigenvalue weighted by molar-refractivity contribution is 7.91. The van der Waals surface area contributed by atoms with E-state index in [1.54, 1.807) is 10.9 Å². The number of hydrogen-bond acceptors (Lipinski definition) is 6. The molecule has 1 N–H and O–H groups in total. The van der Waals surface area contributed by atoms with Gasteiger partial charge in [-0.05, 0) is 56.2 Å². The zero-order chi connectivity index (χ0) is 21.6. The van der Waals surface area contributed by atoms with Crippen LogP contribution in [0.25, 0.3) is 5.69 Å². The van der Waals surface area contributed by atoms with Gasteiger partial charge in [-0.2, -0.15) is 5.10 Å². The third kappa shape index (κ3) is 4.35. The molecule has 1 aromatic heterocycles. The van der Waals surface area contributed by atoms with Gasteiger partial charge in [-0.1, -0.05) is 12.1 Å². The number of benzene rings is 2. The minimum absolute atomic E-state index is 0.0497. The van der Waals surface area contributed by atoms with Crippen LogP contribution in [0.3, 0.4) is 0 Å². The van der Waals surface area contributed by atoms with Gasteiger partial charge in [0.1, 0.15) is 0 Å². The summed E-state index contributed by atoms with van der Waals surface area (Å²) in [5.74, 6) is 0. The molecular weight excluding hydrogens is 410 g/mol. The Morgan fingerprint density at radius 2 is 1.55 bits per heavy atom. The van der Waals surface area contributed by atoms with Gasteiger partial charge in [-0.15, -0.1) is 0 Å². The Labute approximate surface area is 171 Å². The summed E-state index contributed by atoms with van der Waals surface area (Å²) >= 11 is 0. The highest BCUT2D eigenvalue weighted by Crippen LogP contribution is 2.30. The average Bonchev–Trinajstić information content (AvgIpc) is 2.96. The Hall–Kier alpha value is -2.65. The molecule has 0 aliphatic rings. The van der Waals surface area contributed by atoms with E-state index < -0.39 is 19.7 Å². The number of sulfone groups is 2. The summed E-state index contributed by atoms with van der Waals surface area (Å²) in [6.45, 7) is 5.87. The maximum atomic E-state index is 12.3. The number of hydrogen-bond donors (Lipinski definition) is 1. The second-order valence-electron chi connectivity index (χ2n) is 7.17. The van der Waals surface area contributed by atoms with E-state index in [0.29, 0.717) is 11.4 Å². The third-order valence-electron chi connectivity index (χ3n) is 4.65. The van der Waals surface area contributed by atoms with E-state index in [0.717, 1.165) is 35.0 Å². The first-order chi connectivity index (χ1) is 13.4. The summed E-state index contributed by atoms with van der Waals surface area (Å²) in [7, 11) is -7.19. The maximum Gasteiger partial charge on any atom is 0.177 e. The summed E-state index contributed by atoms with van der Waals surface area (Å²) in [5, 5.41) is 7.53. The van der Waals surface area contributed by atoms with Crippen molar-refractivity contribution in [3.8, 4) is 5.69 Å². The summed E-state index contributed by atoms with van der Waals surface area (Å²) in [5.41, 5.74) is 4.82. The minimum atomic E-state index is -3.66. The first-order valence-electron chi connectivity index (χ1n) is 8.81. The number of anilines is 2. The lowest BCUT2D eigenvalue weighted by Gasteiger charge is -2.13. The Bertz CT molecular complexity index is 1310. The molecule has 0 amide bonds. The zero-order valence-corrected chi connectivity index (χ0v) is 18.5. The molecular formula is C20H23N3O4S2. The molecule has 0 saturated heterocycles. The lowest BCUT2D eigenvalue weighted by atomic mass is 10.1. The van der Waals surface area contributed by atoms with E-state index in [2.05, 4.69) is 10.4 Å². The average molecular weight is 434 g/mol. The van der Waals surface area contributed by atoms with Crippen molar-refractivity contribution >= 4 is 31.0 Å². The Balaban J connectivity index is 2.08. The van der Waals surface area contributed by atoms with Crippen LogP contribution in [0.15, 0.2) is 52.4 Å². The van der Waals surface area contributed by atoms with Gasteiger partial charge >= 0.3 is 0 Å². The van der Waals surface area contributed by atoms with Crippen molar-refractivity contribution in [2.45, 2.75) is 30.6 Å². The minimum Gasteiger partial charge on any atom is -0.352 e. The summed E-state index contributed by atoms with van der Waals surface area (Å²) in [4.78, 5) is -0.134. The van der Waals surface area contributed by atoms with E-state index in [1.807, 2.05) is 39.0 Å². The predicted molar refractivity (Wildman–Crippen MR) is 114 cm³/mol. The van der Waals surface area contributed by atoms with Gasteiger partial charge in [0.25, 0.3) is 0 Å². The van der Waals surface area contributed by atoms with Crippen molar-refractivity contribution in [2.75, 3.05) is 17.8 Å². The molecule has 0 radical (unpaired) electrons. The smallest absolute Gasteiger partial charge is 0.177 e. The number of rotatable bonds is 5. The number of nitrogens with zero attached hydrogens (tertiary/aromatic N) is 2. The largest absolute Gasteiger partial charge is 0.352 e. The quantitative estimate of drug-likeness (QED) is 0.663. The zero-order valence-electron chi connectivity index (χ0n) is 16.9. The molecule has 7 nitrogen and oxygen atoms in total. The summed E-state index contributed by atoms with van der Waals surface area (Å²) in [6.07, 6.45) is 3.71. The molecule has 2 aromatic carbocycles. The molecule has 0 spiro atoms. The fraction of sp³-hybridized carbons (Fsp3) is 0.250. The highest BCUT2D eigenvalue weighted by Gasteiger charge is 2.19. The summed E-state index contributed by atoms with van der Waals surface area (Å²) < 4.78 is 50.0. The Morgan fingerprint density at radius 3 is 2.17 bits per heavy atom. The standard InChI is InChI=1S/C20H23N3O4S2/c1-13-6-7-14(2)19(10-13)23-15(3)18(12-21-23)22-17-9-8-16(28(4,24)25)11-20(17)29(5,26)27/h6-12,22H,1-5H3. The van der Waals surface area contributed by atoms with E-state index in [1.165, 1.54) is 18.2 Å². The van der Waals surface area contributed by atoms with Crippen molar-refractivity contribution in [3.05, 3.63) is 59.4 Å². The van der Waals surface area contributed by atoms with Crippen LogP contribution in [0, 0.1) is 20.8 Å². The first kappa shape index (κ1) is 21.1. The Kier molecular flexibility index (Phi) is 5.31. The summed E-state index contributed by atoms with van der Waals surface area (Å²) in [6, 6.07) is 10.1. The van der Waals surface area contributed by atoms with Crippen molar-refractivity contribution < 1.29 is 16.8 Å². The topological polar surface area (TPSA) is 98.1 Å². The number of nitrogens with one attached hydrogen (secondary N) is 1. The van der Waals surface area contributed by atoms with Crippen molar-refractivity contribution in [1.82, 2.24) is 9.78 Å². The normalized spacial score (nSPS) is 12.2. The molecule has 0 aliphatic carbocycles. The van der Waals surface area contributed by atoms with Crippen LogP contribution in [0.1, 0.15) is 16.8 Å². The van der Waals surface area contributed by atoms with Crippen molar-refractivity contribution in [2.24, 2.45) is 0 Å². The SMILES string of the molecule is Cc1ccc(C)c(-n2ncc(Nc3ccc(S(C)(=O)=O)cc3S(C)(=O)=O)c2C)c1. The second kappa shape index (κ2) is 7.31. The van der Waals surface area contributed by atoms with Crippen LogP contribution in [-0.4, -0.2) is 39.1 Å². The van der Waals surface area contributed by atoms with Crippen LogP contribution in [0.2, 0.25) is 0 Å². The molecule has 154 valence electrons. The van der Waals surface area contributed by atoms with Crippen molar-refractivity contribution in [1.29, 1.82) is 0 Å². The van der Waals surface area contributed by atoms with Crippen LogP contribution in [0.4, 0.5) is 11.4 Å². The van der Waals surface area contributed by atoms with Crippen LogP contribution < -0.4 is 5.32 Å². The Morgan fingerprint density at radius 1 is 0.862 bits per heavy atom. The van der Waals surface area contributed by atoms with Gasteiger partial charge in [0.05, 0.1) is 38.7 Å². The third-order valence-corrected chi connectivity index (χ3v) is 6.90. The predicted octanol–water partition coefficient (Wildman–Crippen LogP) is 3.35. The van der Waals surface area contributed by atoms with E-state index >= 15 is 0 Å². The fourth-order valence-corrected chi connectivity index (χ4v) is 4.59. The molecule has 1 heterocycles. The van der Waals surface area contributed by atoms with Gasteiger partial charge in [0, 0.05) is 12.5 Å². The van der Waals surface area contributed by atoms with Crippen molar-refractivity contribution in [3.63, 3.8) is 0 Å². The van der Waals surface area contributed by atoms with Gasteiger partial charge in [-0.25, -0.2) is 21.5 Å². The lowest BCUT2D eigenvalue weighted by Crippen LogP contribution is -2.07. The first-order valence-corrected chi connectivity index (χ1v) is 12.6. The molecule has 0 unspecified atom stereocenters. The van der Waals surface area contributed by atoms with E-state index in [-0.39, 0.29) is 9.79 Å². The molecule has 0 bridgehead atoms. The molecule has 0 atom stereocenters. The molecule has 9 heteroatoms. The highest BCUT2D eigenvalue weighted by atomic mass is 32.2. The monoisotopic (exact) mass is 433 g/mol. The van der Waals surface area contributed by atoms with E-state index in [4.69, 9.17) is 0 Å². The lowest BCUT2D eigenvalue weighted by molar-refractivity contribution is 0.600. The fourth-order valence-electron chi connectivity index (χ4n) is 3.01. The molecule has 0 fully saturated rings.